The maximum absolute atomic E-state index is 11.1. The van der Waals surface area contributed by atoms with Gasteiger partial charge in [-0.1, -0.05) is 11.6 Å². The molecule has 18 heavy (non-hydrogen) atoms. The molecule has 0 bridgehead atoms. The van der Waals surface area contributed by atoms with Gasteiger partial charge in [-0.3, -0.25) is 0 Å². The summed E-state index contributed by atoms with van der Waals surface area (Å²) in [7, 11) is -2.72. The third-order valence-electron chi connectivity index (χ3n) is 2.62. The van der Waals surface area contributed by atoms with E-state index in [1.165, 1.54) is 6.20 Å². The van der Waals surface area contributed by atoms with Gasteiger partial charge in [-0.15, -0.1) is 0 Å². The number of hydrogen-bond acceptors (Lipinski definition) is 4. The van der Waals surface area contributed by atoms with E-state index >= 15 is 0 Å². The van der Waals surface area contributed by atoms with Crippen molar-refractivity contribution in [2.75, 3.05) is 0 Å². The molecule has 0 saturated carbocycles. The number of rotatable bonds is 1. The molecule has 3 aromatic rings. The summed E-state index contributed by atoms with van der Waals surface area (Å²) in [5.74, 6) is 0. The molecule has 3 rings (SSSR count). The number of benzene rings is 1. The van der Waals surface area contributed by atoms with Gasteiger partial charge in [0.1, 0.15) is 5.15 Å². The number of nitrogens with zero attached hydrogens (tertiary/aromatic N) is 3. The van der Waals surface area contributed by atoms with Crippen molar-refractivity contribution in [3.63, 3.8) is 0 Å². The molecule has 0 aliphatic carbocycles. The van der Waals surface area contributed by atoms with E-state index in [1.54, 1.807) is 18.2 Å². The zero-order valence-electron chi connectivity index (χ0n) is 8.67. The SMILES string of the molecule is O=[SH](=O)n1ccc2c3nc(Cl)nc(Cl)c3ccc21. The highest BCUT2D eigenvalue weighted by molar-refractivity contribution is 7.71. The Kier molecular flexibility index (Phi) is 2.65. The van der Waals surface area contributed by atoms with Crippen LogP contribution in [0.3, 0.4) is 0 Å². The van der Waals surface area contributed by atoms with E-state index in [4.69, 9.17) is 23.2 Å². The molecular formula is C10H5Cl2N3O2S. The average Bonchev–Trinajstić information content (AvgIpc) is 2.72. The van der Waals surface area contributed by atoms with Crippen LogP contribution in [-0.4, -0.2) is 22.4 Å². The van der Waals surface area contributed by atoms with Gasteiger partial charge in [0.25, 0.3) is 0 Å². The van der Waals surface area contributed by atoms with Crippen LogP contribution >= 0.6 is 23.2 Å². The Morgan fingerprint density at radius 3 is 2.56 bits per heavy atom. The minimum absolute atomic E-state index is 0.0271. The molecule has 92 valence electrons. The Morgan fingerprint density at radius 2 is 1.83 bits per heavy atom. The van der Waals surface area contributed by atoms with Crippen molar-refractivity contribution in [2.24, 2.45) is 0 Å². The number of aromatic nitrogens is 3. The summed E-state index contributed by atoms with van der Waals surface area (Å²) in [6.45, 7) is 0. The first-order valence-corrected chi connectivity index (χ1v) is 6.74. The van der Waals surface area contributed by atoms with Crippen molar-refractivity contribution in [3.8, 4) is 0 Å². The van der Waals surface area contributed by atoms with E-state index < -0.39 is 10.9 Å². The summed E-state index contributed by atoms with van der Waals surface area (Å²) in [6.07, 6.45) is 1.46. The van der Waals surface area contributed by atoms with Crippen LogP contribution in [0.1, 0.15) is 0 Å². The molecule has 0 atom stereocenters. The average molecular weight is 302 g/mol. The Labute approximate surface area is 113 Å². The highest BCUT2D eigenvalue weighted by atomic mass is 35.5. The van der Waals surface area contributed by atoms with Gasteiger partial charge in [0.15, 0.2) is 0 Å². The highest BCUT2D eigenvalue weighted by Crippen LogP contribution is 2.29. The van der Waals surface area contributed by atoms with Gasteiger partial charge in [0.2, 0.25) is 16.2 Å². The van der Waals surface area contributed by atoms with E-state index in [9.17, 15) is 8.42 Å². The first-order chi connectivity index (χ1) is 8.58. The van der Waals surface area contributed by atoms with Crippen molar-refractivity contribution in [2.45, 2.75) is 0 Å². The highest BCUT2D eigenvalue weighted by Gasteiger charge is 2.11. The van der Waals surface area contributed by atoms with Crippen LogP contribution in [0.5, 0.6) is 0 Å². The summed E-state index contributed by atoms with van der Waals surface area (Å²) in [6, 6.07) is 4.99. The quantitative estimate of drug-likeness (QED) is 0.425. The lowest BCUT2D eigenvalue weighted by Crippen LogP contribution is -1.93. The van der Waals surface area contributed by atoms with Gasteiger partial charge in [-0.2, -0.15) is 0 Å². The van der Waals surface area contributed by atoms with E-state index in [0.29, 0.717) is 21.8 Å². The number of thiol groups is 1. The van der Waals surface area contributed by atoms with Crippen molar-refractivity contribution in [1.29, 1.82) is 0 Å². The van der Waals surface area contributed by atoms with Crippen LogP contribution in [0.4, 0.5) is 0 Å². The van der Waals surface area contributed by atoms with E-state index in [2.05, 4.69) is 9.97 Å². The molecule has 2 heterocycles. The van der Waals surface area contributed by atoms with Crippen LogP contribution in [0.2, 0.25) is 10.4 Å². The minimum atomic E-state index is -2.72. The Morgan fingerprint density at radius 1 is 1.06 bits per heavy atom. The van der Waals surface area contributed by atoms with Gasteiger partial charge in [0.05, 0.1) is 11.0 Å². The third-order valence-corrected chi connectivity index (χ3v) is 3.77. The molecule has 0 fully saturated rings. The molecule has 0 amide bonds. The maximum Gasteiger partial charge on any atom is 0.228 e. The summed E-state index contributed by atoms with van der Waals surface area (Å²) < 4.78 is 23.3. The Hall–Kier alpha value is -1.37. The summed E-state index contributed by atoms with van der Waals surface area (Å²) >= 11 is 11.7. The smallest absolute Gasteiger partial charge is 0.228 e. The zero-order valence-corrected chi connectivity index (χ0v) is 11.1. The lowest BCUT2D eigenvalue weighted by atomic mass is 10.2. The molecule has 0 saturated heterocycles. The van der Waals surface area contributed by atoms with Crippen LogP contribution in [0.15, 0.2) is 24.4 Å². The fraction of sp³-hybridized carbons (Fsp3) is 0. The minimum Gasteiger partial charge on any atom is -0.247 e. The van der Waals surface area contributed by atoms with Crippen LogP contribution < -0.4 is 0 Å². The first-order valence-electron chi connectivity index (χ1n) is 4.85. The normalized spacial score (nSPS) is 11.7. The topological polar surface area (TPSA) is 64.8 Å². The second kappa shape index (κ2) is 4.08. The molecular weight excluding hydrogens is 297 g/mol. The molecule has 5 nitrogen and oxygen atoms in total. The number of fused-ring (bicyclic) bond motifs is 3. The second-order valence-electron chi connectivity index (χ2n) is 3.58. The number of halogens is 2. The van der Waals surface area contributed by atoms with Crippen LogP contribution in [0.25, 0.3) is 21.8 Å². The summed E-state index contributed by atoms with van der Waals surface area (Å²) in [5.41, 5.74) is 1.07. The van der Waals surface area contributed by atoms with Gasteiger partial charge in [-0.05, 0) is 29.8 Å². The molecule has 8 heteroatoms. The molecule has 2 aromatic heterocycles. The molecule has 0 unspecified atom stereocenters. The molecule has 0 spiro atoms. The van der Waals surface area contributed by atoms with Crippen molar-refractivity contribution < 1.29 is 8.42 Å². The fourth-order valence-corrected chi connectivity index (χ4v) is 2.85. The van der Waals surface area contributed by atoms with Crippen molar-refractivity contribution >= 4 is 55.9 Å². The van der Waals surface area contributed by atoms with E-state index in [0.717, 1.165) is 3.97 Å². The van der Waals surface area contributed by atoms with Crippen LogP contribution in [0, 0.1) is 0 Å². The Balaban J connectivity index is 2.54. The van der Waals surface area contributed by atoms with Gasteiger partial charge in [0, 0.05) is 17.0 Å². The van der Waals surface area contributed by atoms with Crippen LogP contribution in [-0.2, 0) is 10.9 Å². The van der Waals surface area contributed by atoms with Crippen molar-refractivity contribution in [3.05, 3.63) is 34.8 Å². The Bertz CT molecular complexity index is 849. The fourth-order valence-electron chi connectivity index (χ4n) is 1.87. The standard InChI is InChI=1S/C10H5Cl2N3O2S/c11-9-6-1-2-7-5(3-4-15(7)18(16)17)8(6)13-10(12)14-9/h1-4,18H. The predicted octanol–water partition coefficient (Wildman–Crippen LogP) is 2.27. The lowest BCUT2D eigenvalue weighted by Gasteiger charge is -2.02. The van der Waals surface area contributed by atoms with Gasteiger partial charge < -0.3 is 0 Å². The zero-order chi connectivity index (χ0) is 12.9. The monoisotopic (exact) mass is 301 g/mol. The second-order valence-corrected chi connectivity index (χ2v) is 5.18. The molecule has 0 N–H and O–H groups in total. The first kappa shape index (κ1) is 11.7. The van der Waals surface area contributed by atoms with Gasteiger partial charge in [-0.25, -0.2) is 22.4 Å². The van der Waals surface area contributed by atoms with E-state index in [-0.39, 0.29) is 10.4 Å². The lowest BCUT2D eigenvalue weighted by molar-refractivity contribution is 0.608. The third kappa shape index (κ3) is 1.65. The van der Waals surface area contributed by atoms with Crippen molar-refractivity contribution in [1.82, 2.24) is 13.9 Å². The maximum atomic E-state index is 11.1. The largest absolute Gasteiger partial charge is 0.247 e. The van der Waals surface area contributed by atoms with Gasteiger partial charge >= 0.3 is 0 Å². The molecule has 0 aliphatic heterocycles. The molecule has 0 radical (unpaired) electrons. The number of hydrogen-bond donors (Lipinski definition) is 1. The summed E-state index contributed by atoms with van der Waals surface area (Å²) in [5, 5.41) is 1.57. The predicted molar refractivity (Wildman–Crippen MR) is 70.8 cm³/mol. The summed E-state index contributed by atoms with van der Waals surface area (Å²) in [4.78, 5) is 7.94. The molecule has 1 aromatic carbocycles. The van der Waals surface area contributed by atoms with E-state index in [1.807, 2.05) is 0 Å². The molecule has 0 aliphatic rings.